The van der Waals surface area contributed by atoms with E-state index in [1.165, 1.54) is 21.2 Å². The molecule has 0 saturated carbocycles. The second-order valence-electron chi connectivity index (χ2n) is 4.87. The molecule has 0 fully saturated rings. The summed E-state index contributed by atoms with van der Waals surface area (Å²) in [6, 6.07) is 18.6. The summed E-state index contributed by atoms with van der Waals surface area (Å²) < 4.78 is 1.19. The van der Waals surface area contributed by atoms with Crippen molar-refractivity contribution in [1.29, 1.82) is 5.41 Å². The van der Waals surface area contributed by atoms with E-state index in [2.05, 4.69) is 42.5 Å². The van der Waals surface area contributed by atoms with Crippen LogP contribution in [-0.4, -0.2) is 5.84 Å². The summed E-state index contributed by atoms with van der Waals surface area (Å²) in [5, 5.41) is 8.76. The van der Waals surface area contributed by atoms with E-state index in [9.17, 15) is 0 Å². The van der Waals surface area contributed by atoms with Gasteiger partial charge in [-0.05, 0) is 35.1 Å². The van der Waals surface area contributed by atoms with Crippen LogP contribution in [0.15, 0.2) is 60.7 Å². The van der Waals surface area contributed by atoms with Gasteiger partial charge in [-0.2, -0.15) is 0 Å². The van der Waals surface area contributed by atoms with Crippen LogP contribution in [0.4, 0.5) is 0 Å². The predicted molar refractivity (Wildman–Crippen MR) is 92.0 cm³/mol. The second-order valence-corrected chi connectivity index (χ2v) is 5.95. The fourth-order valence-electron chi connectivity index (χ4n) is 2.32. The highest BCUT2D eigenvalue weighted by molar-refractivity contribution is 7.20. The first-order chi connectivity index (χ1) is 10.2. The molecule has 3 aromatic rings. The maximum Gasteiger partial charge on any atom is 0.133 e. The number of fused-ring (bicyclic) bond motifs is 1. The average molecular weight is 292 g/mol. The molecule has 0 aliphatic heterocycles. The number of hydrogen-bond acceptors (Lipinski definition) is 2. The molecule has 0 aliphatic rings. The maximum atomic E-state index is 7.56. The van der Waals surface area contributed by atoms with Gasteiger partial charge in [-0.1, -0.05) is 54.6 Å². The van der Waals surface area contributed by atoms with Gasteiger partial charge in [0.25, 0.3) is 0 Å². The number of rotatable bonds is 4. The second kappa shape index (κ2) is 5.94. The van der Waals surface area contributed by atoms with Crippen LogP contribution in [0.2, 0.25) is 0 Å². The van der Waals surface area contributed by atoms with Gasteiger partial charge < -0.3 is 5.73 Å². The third-order valence-electron chi connectivity index (χ3n) is 3.36. The van der Waals surface area contributed by atoms with Crippen LogP contribution in [-0.2, 0) is 6.42 Å². The standard InChI is InChI=1S/C18H16N2S/c19-18(20)17-12-15-14(10-5-11-16(15)21-17)9-4-8-13-6-2-1-3-7-13/h1-8,10-12H,9H2,(H3,19,20). The molecular formula is C18H16N2S. The molecule has 0 unspecified atom stereocenters. The molecule has 1 aromatic heterocycles. The molecule has 2 nitrogen and oxygen atoms in total. The van der Waals surface area contributed by atoms with Crippen molar-refractivity contribution in [3.05, 3.63) is 76.7 Å². The summed E-state index contributed by atoms with van der Waals surface area (Å²) >= 11 is 1.58. The molecule has 0 amide bonds. The van der Waals surface area contributed by atoms with Gasteiger partial charge >= 0.3 is 0 Å². The largest absolute Gasteiger partial charge is 0.383 e. The van der Waals surface area contributed by atoms with Crippen molar-refractivity contribution in [3.8, 4) is 0 Å². The number of nitrogens with one attached hydrogen (secondary N) is 1. The highest BCUT2D eigenvalue weighted by Gasteiger charge is 2.06. The molecule has 3 heteroatoms. The number of benzene rings is 2. The SMILES string of the molecule is N=C(N)c1cc2c(CC=Cc3ccccc3)cccc2s1. The van der Waals surface area contributed by atoms with Crippen LogP contribution >= 0.6 is 11.3 Å². The lowest BCUT2D eigenvalue weighted by molar-refractivity contribution is 1.31. The van der Waals surface area contributed by atoms with Crippen LogP contribution < -0.4 is 5.73 Å². The van der Waals surface area contributed by atoms with E-state index >= 15 is 0 Å². The molecule has 0 bridgehead atoms. The monoisotopic (exact) mass is 292 g/mol. The molecule has 3 rings (SSSR count). The molecule has 21 heavy (non-hydrogen) atoms. The Bertz CT molecular complexity index is 800. The Hall–Kier alpha value is -2.39. The minimum Gasteiger partial charge on any atom is -0.383 e. The first kappa shape index (κ1) is 13.6. The van der Waals surface area contributed by atoms with Crippen molar-refractivity contribution < 1.29 is 0 Å². The Kier molecular flexibility index (Phi) is 3.84. The number of hydrogen-bond donors (Lipinski definition) is 2. The van der Waals surface area contributed by atoms with Crippen molar-refractivity contribution in [1.82, 2.24) is 0 Å². The lowest BCUT2D eigenvalue weighted by Crippen LogP contribution is -2.08. The van der Waals surface area contributed by atoms with Gasteiger partial charge in [0.1, 0.15) is 5.84 Å². The van der Waals surface area contributed by atoms with Gasteiger partial charge in [-0.15, -0.1) is 11.3 Å². The van der Waals surface area contributed by atoms with Gasteiger partial charge in [0.15, 0.2) is 0 Å². The molecule has 3 N–H and O–H groups in total. The van der Waals surface area contributed by atoms with Crippen LogP contribution in [0.1, 0.15) is 16.0 Å². The lowest BCUT2D eigenvalue weighted by atomic mass is 10.1. The summed E-state index contributed by atoms with van der Waals surface area (Å²) in [4.78, 5) is 0.837. The molecule has 0 saturated heterocycles. The fraction of sp³-hybridized carbons (Fsp3) is 0.0556. The Balaban J connectivity index is 1.87. The van der Waals surface area contributed by atoms with Gasteiger partial charge in [0, 0.05) is 4.70 Å². The van der Waals surface area contributed by atoms with E-state index in [1.54, 1.807) is 11.3 Å². The highest BCUT2D eigenvalue weighted by Crippen LogP contribution is 2.28. The minimum absolute atomic E-state index is 0.141. The van der Waals surface area contributed by atoms with E-state index in [0.717, 1.165) is 11.3 Å². The molecule has 0 radical (unpaired) electrons. The van der Waals surface area contributed by atoms with Gasteiger partial charge in [-0.25, -0.2) is 0 Å². The molecule has 2 aromatic carbocycles. The third kappa shape index (κ3) is 3.03. The number of nitrogens with two attached hydrogens (primary N) is 1. The van der Waals surface area contributed by atoms with Gasteiger partial charge in [0.2, 0.25) is 0 Å². The van der Waals surface area contributed by atoms with Crippen molar-refractivity contribution in [3.63, 3.8) is 0 Å². The molecule has 104 valence electrons. The Morgan fingerprint density at radius 3 is 2.67 bits per heavy atom. The molecular weight excluding hydrogens is 276 g/mol. The zero-order valence-electron chi connectivity index (χ0n) is 11.5. The molecule has 0 aliphatic carbocycles. The van der Waals surface area contributed by atoms with Crippen molar-refractivity contribution in [2.45, 2.75) is 6.42 Å². The first-order valence-corrected chi connectivity index (χ1v) is 7.63. The van der Waals surface area contributed by atoms with Crippen molar-refractivity contribution in [2.24, 2.45) is 5.73 Å². The van der Waals surface area contributed by atoms with Crippen molar-refractivity contribution >= 4 is 33.3 Å². The lowest BCUT2D eigenvalue weighted by Gasteiger charge is -1.99. The first-order valence-electron chi connectivity index (χ1n) is 6.81. The molecule has 0 spiro atoms. The Labute approximate surface area is 128 Å². The predicted octanol–water partition coefficient (Wildman–Crippen LogP) is 4.44. The number of nitrogen functional groups attached to an aromatic ring is 1. The van der Waals surface area contributed by atoms with E-state index in [0.29, 0.717) is 0 Å². The normalized spacial score (nSPS) is 11.2. The van der Waals surface area contributed by atoms with Gasteiger partial charge in [0.05, 0.1) is 4.88 Å². The number of allylic oxidation sites excluding steroid dienone is 1. The van der Waals surface area contributed by atoms with E-state index in [1.807, 2.05) is 24.3 Å². The minimum atomic E-state index is 0.141. The number of amidine groups is 1. The van der Waals surface area contributed by atoms with E-state index in [4.69, 9.17) is 11.1 Å². The smallest absolute Gasteiger partial charge is 0.133 e. The van der Waals surface area contributed by atoms with E-state index in [-0.39, 0.29) is 5.84 Å². The Morgan fingerprint density at radius 2 is 1.90 bits per heavy atom. The number of thiophene rings is 1. The maximum absolute atomic E-state index is 7.56. The van der Waals surface area contributed by atoms with Crippen LogP contribution in [0.25, 0.3) is 16.2 Å². The third-order valence-corrected chi connectivity index (χ3v) is 4.50. The van der Waals surface area contributed by atoms with Crippen LogP contribution in [0, 0.1) is 5.41 Å². The van der Waals surface area contributed by atoms with E-state index < -0.39 is 0 Å². The van der Waals surface area contributed by atoms with Crippen LogP contribution in [0.5, 0.6) is 0 Å². The Morgan fingerprint density at radius 1 is 1.10 bits per heavy atom. The fourth-order valence-corrected chi connectivity index (χ4v) is 3.29. The summed E-state index contributed by atoms with van der Waals surface area (Å²) in [7, 11) is 0. The quantitative estimate of drug-likeness (QED) is 0.542. The zero-order chi connectivity index (χ0) is 14.7. The topological polar surface area (TPSA) is 49.9 Å². The average Bonchev–Trinajstić information content (AvgIpc) is 2.94. The summed E-state index contributed by atoms with van der Waals surface area (Å²) in [5.41, 5.74) is 8.06. The molecule has 0 atom stereocenters. The van der Waals surface area contributed by atoms with Gasteiger partial charge in [-0.3, -0.25) is 5.41 Å². The summed E-state index contributed by atoms with van der Waals surface area (Å²) in [6.45, 7) is 0. The zero-order valence-corrected chi connectivity index (χ0v) is 12.4. The molecule has 1 heterocycles. The van der Waals surface area contributed by atoms with Crippen molar-refractivity contribution in [2.75, 3.05) is 0 Å². The van der Waals surface area contributed by atoms with Crippen LogP contribution in [0.3, 0.4) is 0 Å². The highest BCUT2D eigenvalue weighted by atomic mass is 32.1. The summed E-state index contributed by atoms with van der Waals surface area (Å²) in [5.74, 6) is 0.141. The summed E-state index contributed by atoms with van der Waals surface area (Å²) in [6.07, 6.45) is 5.19.